The molecule has 30 heavy (non-hydrogen) atoms. The highest BCUT2D eigenvalue weighted by molar-refractivity contribution is 7.98. The number of nitrogens with one attached hydrogen (secondary N) is 1. The zero-order valence-corrected chi connectivity index (χ0v) is 17.0. The lowest BCUT2D eigenvalue weighted by Crippen LogP contribution is -2.28. The maximum absolute atomic E-state index is 12.7. The molecule has 0 radical (unpaired) electrons. The minimum Gasteiger partial charge on any atom is -0.497 e. The van der Waals surface area contributed by atoms with E-state index in [9.17, 15) is 9.59 Å². The van der Waals surface area contributed by atoms with Crippen LogP contribution in [0.5, 0.6) is 5.75 Å². The molecule has 0 aliphatic rings. The number of fused-ring (bicyclic) bond motifs is 1. The van der Waals surface area contributed by atoms with Crippen LogP contribution in [-0.4, -0.2) is 32.2 Å². The molecular weight excluding hydrogens is 402 g/mol. The number of hydrogen-bond donors (Lipinski definition) is 1. The fourth-order valence-corrected chi connectivity index (χ4v) is 3.77. The molecule has 9 heteroatoms. The number of aromatic nitrogens is 4. The van der Waals surface area contributed by atoms with E-state index in [0.29, 0.717) is 27.9 Å². The molecule has 1 amide bonds. The van der Waals surface area contributed by atoms with Gasteiger partial charge in [0.05, 0.1) is 7.11 Å². The number of anilines is 1. The topological polar surface area (TPSA) is 90.5 Å². The van der Waals surface area contributed by atoms with Crippen molar-refractivity contribution in [2.75, 3.05) is 12.4 Å². The van der Waals surface area contributed by atoms with E-state index >= 15 is 0 Å². The third kappa shape index (κ3) is 4.36. The van der Waals surface area contributed by atoms with Gasteiger partial charge in [0.1, 0.15) is 17.3 Å². The van der Waals surface area contributed by atoms with Crippen molar-refractivity contribution in [3.63, 3.8) is 0 Å². The highest BCUT2D eigenvalue weighted by atomic mass is 32.2. The standard InChI is InChI=1S/C21H19N5O3S/c1-29-17-9-7-16(8-10-17)23-18(27)13-26-21(28)25-12-11-22-20(19(25)24-26)30-14-15-5-3-2-4-6-15/h2-12H,13-14H2,1H3,(H,23,27). The van der Waals surface area contributed by atoms with Crippen molar-refractivity contribution >= 4 is 29.0 Å². The van der Waals surface area contributed by atoms with Gasteiger partial charge in [0.15, 0.2) is 5.65 Å². The van der Waals surface area contributed by atoms with E-state index in [1.807, 2.05) is 30.3 Å². The summed E-state index contributed by atoms with van der Waals surface area (Å²) in [5.41, 5.74) is 1.80. The molecule has 0 fully saturated rings. The Morgan fingerprint density at radius 1 is 1.13 bits per heavy atom. The highest BCUT2D eigenvalue weighted by Gasteiger charge is 2.15. The van der Waals surface area contributed by atoms with Gasteiger partial charge in [-0.2, -0.15) is 0 Å². The Hall–Kier alpha value is -3.59. The normalized spacial score (nSPS) is 10.8. The molecule has 0 spiro atoms. The van der Waals surface area contributed by atoms with E-state index < -0.39 is 0 Å². The molecule has 0 aliphatic carbocycles. The van der Waals surface area contributed by atoms with Crippen molar-refractivity contribution < 1.29 is 9.53 Å². The molecule has 4 aromatic rings. The van der Waals surface area contributed by atoms with Crippen molar-refractivity contribution in [1.29, 1.82) is 0 Å². The number of hydrogen-bond acceptors (Lipinski definition) is 6. The van der Waals surface area contributed by atoms with Crippen molar-refractivity contribution in [2.45, 2.75) is 17.3 Å². The summed E-state index contributed by atoms with van der Waals surface area (Å²) >= 11 is 1.49. The molecular formula is C21H19N5O3S. The molecule has 0 atom stereocenters. The number of thioether (sulfide) groups is 1. The van der Waals surface area contributed by atoms with Crippen molar-refractivity contribution in [1.82, 2.24) is 19.2 Å². The third-order valence-electron chi connectivity index (χ3n) is 4.35. The predicted molar refractivity (Wildman–Crippen MR) is 115 cm³/mol. The molecule has 1 N–H and O–H groups in total. The summed E-state index contributed by atoms with van der Waals surface area (Å²) in [4.78, 5) is 29.4. The quantitative estimate of drug-likeness (QED) is 0.462. The molecule has 2 aromatic carbocycles. The average molecular weight is 421 g/mol. The monoisotopic (exact) mass is 421 g/mol. The van der Waals surface area contributed by atoms with Crippen molar-refractivity contribution in [3.05, 3.63) is 83.0 Å². The summed E-state index contributed by atoms with van der Waals surface area (Å²) in [5, 5.41) is 7.72. The Bertz CT molecular complexity index is 1220. The Morgan fingerprint density at radius 2 is 1.90 bits per heavy atom. The van der Waals surface area contributed by atoms with Gasteiger partial charge in [-0.15, -0.1) is 5.10 Å². The first-order chi connectivity index (χ1) is 14.6. The van der Waals surface area contributed by atoms with Gasteiger partial charge in [0, 0.05) is 23.8 Å². The smallest absolute Gasteiger partial charge is 0.350 e. The number of ether oxygens (including phenoxy) is 1. The van der Waals surface area contributed by atoms with E-state index in [4.69, 9.17) is 4.74 Å². The average Bonchev–Trinajstić information content (AvgIpc) is 3.09. The van der Waals surface area contributed by atoms with Gasteiger partial charge < -0.3 is 10.1 Å². The minimum absolute atomic E-state index is 0.199. The predicted octanol–water partition coefficient (Wildman–Crippen LogP) is 2.83. The van der Waals surface area contributed by atoms with Crippen LogP contribution in [0.4, 0.5) is 5.69 Å². The van der Waals surface area contributed by atoms with Crippen molar-refractivity contribution in [2.24, 2.45) is 0 Å². The van der Waals surface area contributed by atoms with Crippen LogP contribution in [-0.2, 0) is 17.1 Å². The molecule has 152 valence electrons. The summed E-state index contributed by atoms with van der Waals surface area (Å²) in [5.74, 6) is 1.04. The number of carbonyl (C=O) groups excluding carboxylic acids is 1. The van der Waals surface area contributed by atoms with Crippen LogP contribution in [0.15, 0.2) is 76.8 Å². The maximum atomic E-state index is 12.7. The molecule has 0 bridgehead atoms. The summed E-state index contributed by atoms with van der Waals surface area (Å²) in [6.07, 6.45) is 3.11. The Labute approximate surface area is 176 Å². The first-order valence-electron chi connectivity index (χ1n) is 9.19. The molecule has 0 unspecified atom stereocenters. The van der Waals surface area contributed by atoms with Crippen molar-refractivity contribution in [3.8, 4) is 5.75 Å². The van der Waals surface area contributed by atoms with E-state index in [1.54, 1.807) is 43.8 Å². The van der Waals surface area contributed by atoms with Gasteiger partial charge >= 0.3 is 5.69 Å². The molecule has 0 aliphatic heterocycles. The number of methoxy groups -OCH3 is 1. The van der Waals surface area contributed by atoms with Crippen LogP contribution in [0, 0.1) is 0 Å². The number of amides is 1. The van der Waals surface area contributed by atoms with Gasteiger partial charge in [-0.25, -0.2) is 18.9 Å². The molecule has 8 nitrogen and oxygen atoms in total. The molecule has 2 aromatic heterocycles. The summed E-state index contributed by atoms with van der Waals surface area (Å²) in [7, 11) is 1.57. The molecule has 0 saturated carbocycles. The first kappa shape index (κ1) is 19.7. The second-order valence-corrected chi connectivity index (χ2v) is 7.38. The highest BCUT2D eigenvalue weighted by Crippen LogP contribution is 2.23. The van der Waals surface area contributed by atoms with Crippen LogP contribution >= 0.6 is 11.8 Å². The van der Waals surface area contributed by atoms with E-state index in [2.05, 4.69) is 15.4 Å². The summed E-state index contributed by atoms with van der Waals surface area (Å²) < 4.78 is 7.64. The van der Waals surface area contributed by atoms with Crippen LogP contribution in [0.2, 0.25) is 0 Å². The molecule has 2 heterocycles. The Kier molecular flexibility index (Phi) is 5.80. The summed E-state index contributed by atoms with van der Waals surface area (Å²) in [6, 6.07) is 16.9. The number of nitrogens with zero attached hydrogens (tertiary/aromatic N) is 4. The Morgan fingerprint density at radius 3 is 2.63 bits per heavy atom. The Balaban J connectivity index is 1.50. The lowest BCUT2D eigenvalue weighted by atomic mass is 10.2. The minimum atomic E-state index is -0.390. The third-order valence-corrected chi connectivity index (χ3v) is 5.39. The molecule has 0 saturated heterocycles. The lowest BCUT2D eigenvalue weighted by molar-refractivity contribution is -0.117. The van der Waals surface area contributed by atoms with Gasteiger partial charge in [0.25, 0.3) is 0 Å². The molecule has 4 rings (SSSR count). The second-order valence-electron chi connectivity index (χ2n) is 6.42. The van der Waals surface area contributed by atoms with E-state index in [0.717, 1.165) is 10.2 Å². The van der Waals surface area contributed by atoms with E-state index in [-0.39, 0.29) is 18.1 Å². The second kappa shape index (κ2) is 8.83. The van der Waals surface area contributed by atoms with Crippen LogP contribution < -0.4 is 15.7 Å². The maximum Gasteiger partial charge on any atom is 0.350 e. The fourth-order valence-electron chi connectivity index (χ4n) is 2.87. The van der Waals surface area contributed by atoms with Gasteiger partial charge in [-0.1, -0.05) is 42.1 Å². The SMILES string of the molecule is COc1ccc(NC(=O)Cn2nc3c(SCc4ccccc4)nccn3c2=O)cc1. The number of rotatable bonds is 7. The first-order valence-corrected chi connectivity index (χ1v) is 10.2. The van der Waals surface area contributed by atoms with Gasteiger partial charge in [0.2, 0.25) is 5.91 Å². The number of benzene rings is 2. The summed E-state index contributed by atoms with van der Waals surface area (Å²) in [6.45, 7) is -0.199. The zero-order chi connectivity index (χ0) is 20.9. The van der Waals surface area contributed by atoms with Crippen LogP contribution in [0.25, 0.3) is 5.65 Å². The fraction of sp³-hybridized carbons (Fsp3) is 0.143. The van der Waals surface area contributed by atoms with Gasteiger partial charge in [-0.3, -0.25) is 4.79 Å². The van der Waals surface area contributed by atoms with Gasteiger partial charge in [-0.05, 0) is 29.8 Å². The largest absolute Gasteiger partial charge is 0.497 e. The van der Waals surface area contributed by atoms with E-state index in [1.165, 1.54) is 16.2 Å². The van der Waals surface area contributed by atoms with Crippen LogP contribution in [0.1, 0.15) is 5.56 Å². The lowest BCUT2D eigenvalue weighted by Gasteiger charge is -2.05. The zero-order valence-electron chi connectivity index (χ0n) is 16.2. The van der Waals surface area contributed by atoms with Crippen LogP contribution in [0.3, 0.4) is 0 Å². The number of carbonyl (C=O) groups is 1.